The Bertz CT molecular complexity index is 1040. The van der Waals surface area contributed by atoms with Crippen LogP contribution in [0.1, 0.15) is 16.1 Å². The van der Waals surface area contributed by atoms with Crippen LogP contribution in [-0.4, -0.2) is 21.0 Å². The molecular weight excluding hydrogens is 316 g/mol. The zero-order valence-corrected chi connectivity index (χ0v) is 13.4. The van der Waals surface area contributed by atoms with Gasteiger partial charge in [0.1, 0.15) is 0 Å². The summed E-state index contributed by atoms with van der Waals surface area (Å²) >= 11 is 0. The molecule has 0 aliphatic rings. The molecule has 3 aromatic heterocycles. The quantitative estimate of drug-likeness (QED) is 0.617. The summed E-state index contributed by atoms with van der Waals surface area (Å²) in [4.78, 5) is 21.3. The number of carbonyl (C=O) groups excluding carboxylic acids is 1. The molecule has 0 bridgehead atoms. The predicted octanol–water partition coefficient (Wildman–Crippen LogP) is 3.85. The van der Waals surface area contributed by atoms with E-state index in [1.807, 2.05) is 30.3 Å². The van der Waals surface area contributed by atoms with Gasteiger partial charge in [-0.2, -0.15) is 0 Å². The molecule has 3 heterocycles. The number of carbonyl (C=O) groups is 1. The number of nitrogens with zero attached hydrogens (tertiary/aromatic N) is 3. The molecule has 6 nitrogen and oxygen atoms in total. The van der Waals surface area contributed by atoms with Crippen molar-refractivity contribution in [1.29, 1.82) is 0 Å². The van der Waals surface area contributed by atoms with Gasteiger partial charge in [-0.05, 0) is 25.1 Å². The van der Waals surface area contributed by atoms with Crippen molar-refractivity contribution >= 4 is 22.7 Å². The SMILES string of the molecule is Cc1noc2nc(-c3ccccc3)cc(C(=O)Nc3cccnc3)c12. The maximum atomic E-state index is 12.8. The second-order valence-electron chi connectivity index (χ2n) is 5.57. The van der Waals surface area contributed by atoms with Crippen LogP contribution in [-0.2, 0) is 0 Å². The smallest absolute Gasteiger partial charge is 0.259 e. The zero-order chi connectivity index (χ0) is 17.2. The lowest BCUT2D eigenvalue weighted by atomic mass is 10.1. The van der Waals surface area contributed by atoms with Crippen LogP contribution in [0.2, 0.25) is 0 Å². The summed E-state index contributed by atoms with van der Waals surface area (Å²) < 4.78 is 5.30. The topological polar surface area (TPSA) is 80.9 Å². The van der Waals surface area contributed by atoms with E-state index in [0.717, 1.165) is 5.56 Å². The molecular formula is C19H14N4O2. The van der Waals surface area contributed by atoms with Crippen LogP contribution in [0, 0.1) is 6.92 Å². The van der Waals surface area contributed by atoms with Gasteiger partial charge in [0.05, 0.1) is 34.2 Å². The van der Waals surface area contributed by atoms with Crippen LogP contribution >= 0.6 is 0 Å². The van der Waals surface area contributed by atoms with E-state index in [9.17, 15) is 4.79 Å². The van der Waals surface area contributed by atoms with Crippen molar-refractivity contribution in [3.63, 3.8) is 0 Å². The highest BCUT2D eigenvalue weighted by Gasteiger charge is 2.19. The molecule has 25 heavy (non-hydrogen) atoms. The fourth-order valence-corrected chi connectivity index (χ4v) is 2.67. The fraction of sp³-hybridized carbons (Fsp3) is 0.0526. The molecule has 0 atom stereocenters. The molecule has 0 saturated heterocycles. The highest BCUT2D eigenvalue weighted by molar-refractivity contribution is 6.12. The first kappa shape index (κ1) is 15.0. The van der Waals surface area contributed by atoms with E-state index in [1.165, 1.54) is 0 Å². The Morgan fingerprint density at radius 2 is 1.96 bits per heavy atom. The number of rotatable bonds is 3. The molecule has 0 unspecified atom stereocenters. The van der Waals surface area contributed by atoms with Crippen LogP contribution in [0.5, 0.6) is 0 Å². The first-order valence-corrected chi connectivity index (χ1v) is 7.76. The molecule has 0 aliphatic carbocycles. The third-order valence-corrected chi connectivity index (χ3v) is 3.85. The third-order valence-electron chi connectivity index (χ3n) is 3.85. The van der Waals surface area contributed by atoms with Crippen molar-refractivity contribution in [3.8, 4) is 11.3 Å². The predicted molar refractivity (Wildman–Crippen MR) is 94.2 cm³/mol. The highest BCUT2D eigenvalue weighted by atomic mass is 16.5. The van der Waals surface area contributed by atoms with Gasteiger partial charge in [0.15, 0.2) is 0 Å². The van der Waals surface area contributed by atoms with Gasteiger partial charge >= 0.3 is 0 Å². The molecule has 0 saturated carbocycles. The first-order valence-electron chi connectivity index (χ1n) is 7.76. The Balaban J connectivity index is 1.83. The highest BCUT2D eigenvalue weighted by Crippen LogP contribution is 2.27. The largest absolute Gasteiger partial charge is 0.335 e. The number of aryl methyl sites for hydroxylation is 1. The van der Waals surface area contributed by atoms with Crippen molar-refractivity contribution in [2.75, 3.05) is 5.32 Å². The average Bonchev–Trinajstić information content (AvgIpc) is 3.03. The summed E-state index contributed by atoms with van der Waals surface area (Å²) in [5.74, 6) is -0.260. The Morgan fingerprint density at radius 3 is 2.72 bits per heavy atom. The van der Waals surface area contributed by atoms with Crippen LogP contribution in [0.25, 0.3) is 22.4 Å². The first-order chi connectivity index (χ1) is 12.2. The lowest BCUT2D eigenvalue weighted by molar-refractivity contribution is 0.102. The number of benzene rings is 1. The minimum absolute atomic E-state index is 0.260. The van der Waals surface area contributed by atoms with Crippen molar-refractivity contribution in [2.45, 2.75) is 6.92 Å². The molecule has 0 radical (unpaired) electrons. The van der Waals surface area contributed by atoms with Crippen molar-refractivity contribution < 1.29 is 9.32 Å². The fourth-order valence-electron chi connectivity index (χ4n) is 2.67. The molecule has 4 rings (SSSR count). The molecule has 4 aromatic rings. The molecule has 1 N–H and O–H groups in total. The molecule has 1 amide bonds. The van der Waals surface area contributed by atoms with E-state index in [-0.39, 0.29) is 5.91 Å². The number of pyridine rings is 2. The van der Waals surface area contributed by atoms with Crippen LogP contribution in [0.4, 0.5) is 5.69 Å². The number of fused-ring (bicyclic) bond motifs is 1. The van der Waals surface area contributed by atoms with Gasteiger partial charge < -0.3 is 9.84 Å². The summed E-state index contributed by atoms with van der Waals surface area (Å²) in [6.07, 6.45) is 3.24. The number of amides is 1. The summed E-state index contributed by atoms with van der Waals surface area (Å²) in [6, 6.07) is 14.9. The second kappa shape index (κ2) is 6.16. The average molecular weight is 330 g/mol. The Kier molecular flexibility index (Phi) is 3.70. The maximum absolute atomic E-state index is 12.8. The minimum Gasteiger partial charge on any atom is -0.335 e. The van der Waals surface area contributed by atoms with E-state index in [4.69, 9.17) is 4.52 Å². The van der Waals surface area contributed by atoms with Gasteiger partial charge in [-0.3, -0.25) is 9.78 Å². The molecule has 0 aliphatic heterocycles. The van der Waals surface area contributed by atoms with E-state index >= 15 is 0 Å². The minimum atomic E-state index is -0.260. The number of nitrogens with one attached hydrogen (secondary N) is 1. The van der Waals surface area contributed by atoms with E-state index in [0.29, 0.717) is 33.7 Å². The van der Waals surface area contributed by atoms with Crippen LogP contribution in [0.3, 0.4) is 0 Å². The lowest BCUT2D eigenvalue weighted by Crippen LogP contribution is -2.13. The van der Waals surface area contributed by atoms with Gasteiger partial charge in [-0.25, -0.2) is 4.98 Å². The van der Waals surface area contributed by atoms with Gasteiger partial charge in [0.2, 0.25) is 0 Å². The van der Waals surface area contributed by atoms with Gasteiger partial charge in [0, 0.05) is 11.8 Å². The normalized spacial score (nSPS) is 10.8. The van der Waals surface area contributed by atoms with Crippen molar-refractivity contribution in [1.82, 2.24) is 15.1 Å². The van der Waals surface area contributed by atoms with Crippen LogP contribution in [0.15, 0.2) is 65.4 Å². The molecule has 0 fully saturated rings. The maximum Gasteiger partial charge on any atom is 0.259 e. The third kappa shape index (κ3) is 2.85. The summed E-state index contributed by atoms with van der Waals surface area (Å²) in [6.45, 7) is 1.79. The van der Waals surface area contributed by atoms with Gasteiger partial charge in [0.25, 0.3) is 11.6 Å². The van der Waals surface area contributed by atoms with E-state index in [1.54, 1.807) is 37.5 Å². The number of aromatic nitrogens is 3. The van der Waals surface area contributed by atoms with Crippen molar-refractivity contribution in [3.05, 3.63) is 72.2 Å². The molecule has 122 valence electrons. The Hall–Kier alpha value is -3.54. The van der Waals surface area contributed by atoms with E-state index < -0.39 is 0 Å². The number of anilines is 1. The summed E-state index contributed by atoms with van der Waals surface area (Å²) in [5, 5.41) is 7.41. The summed E-state index contributed by atoms with van der Waals surface area (Å²) in [5.41, 5.74) is 3.60. The lowest BCUT2D eigenvalue weighted by Gasteiger charge is -2.08. The second-order valence-corrected chi connectivity index (χ2v) is 5.57. The molecule has 0 spiro atoms. The number of hydrogen-bond acceptors (Lipinski definition) is 5. The molecule has 1 aromatic carbocycles. The summed E-state index contributed by atoms with van der Waals surface area (Å²) in [7, 11) is 0. The zero-order valence-electron chi connectivity index (χ0n) is 13.4. The van der Waals surface area contributed by atoms with Gasteiger partial charge in [-0.15, -0.1) is 0 Å². The van der Waals surface area contributed by atoms with E-state index in [2.05, 4.69) is 20.4 Å². The Labute approximate surface area is 143 Å². The van der Waals surface area contributed by atoms with Crippen LogP contribution < -0.4 is 5.32 Å². The standard InChI is InChI=1S/C19H14N4O2/c1-12-17-15(18(24)21-14-8-5-9-20-11-14)10-16(22-19(17)25-23-12)13-6-3-2-4-7-13/h2-11H,1H3,(H,21,24). The van der Waals surface area contributed by atoms with Crippen molar-refractivity contribution in [2.24, 2.45) is 0 Å². The monoisotopic (exact) mass is 330 g/mol. The Morgan fingerprint density at radius 1 is 1.12 bits per heavy atom. The van der Waals surface area contributed by atoms with Gasteiger partial charge in [-0.1, -0.05) is 35.5 Å². The number of hydrogen-bond donors (Lipinski definition) is 1. The molecule has 6 heteroatoms.